The first-order valence-electron chi connectivity index (χ1n) is 6.28. The van der Waals surface area contributed by atoms with Crippen molar-refractivity contribution in [2.45, 2.75) is 13.0 Å². The summed E-state index contributed by atoms with van der Waals surface area (Å²) in [4.78, 5) is 39.7. The summed E-state index contributed by atoms with van der Waals surface area (Å²) in [5.41, 5.74) is -0.482. The molecule has 1 amide bonds. The predicted molar refractivity (Wildman–Crippen MR) is 76.7 cm³/mol. The Morgan fingerprint density at radius 2 is 2.10 bits per heavy atom. The van der Waals surface area contributed by atoms with Gasteiger partial charge in [0.1, 0.15) is 6.54 Å². The van der Waals surface area contributed by atoms with Crippen molar-refractivity contribution >= 4 is 17.1 Å². The second kappa shape index (κ2) is 5.66. The monoisotopic (exact) mass is 289 g/mol. The van der Waals surface area contributed by atoms with Crippen molar-refractivity contribution < 1.29 is 4.79 Å². The highest BCUT2D eigenvalue weighted by Gasteiger charge is 2.15. The molecule has 8 nitrogen and oxygen atoms in total. The van der Waals surface area contributed by atoms with Crippen LogP contribution in [0.5, 0.6) is 0 Å². The number of aromatic nitrogens is 4. The SMILES string of the molecule is C#CCCNC(=O)Cn1cnc2c1c(=O)n(C)c(=O)n2C. The minimum Gasteiger partial charge on any atom is -0.354 e. The number of nitrogens with one attached hydrogen (secondary N) is 1. The zero-order valence-corrected chi connectivity index (χ0v) is 11.8. The van der Waals surface area contributed by atoms with E-state index in [1.165, 1.54) is 29.6 Å². The molecule has 0 radical (unpaired) electrons. The Balaban J connectivity index is 2.39. The Hall–Kier alpha value is -2.82. The third-order valence-corrected chi connectivity index (χ3v) is 3.12. The van der Waals surface area contributed by atoms with Crippen molar-refractivity contribution in [2.75, 3.05) is 6.54 Å². The summed E-state index contributed by atoms with van der Waals surface area (Å²) in [6.45, 7) is 0.312. The molecule has 0 aliphatic rings. The molecule has 0 spiro atoms. The number of aryl methyl sites for hydroxylation is 1. The number of carbonyl (C=O) groups excluding carboxylic acids is 1. The molecule has 0 aliphatic carbocycles. The molecule has 0 bridgehead atoms. The van der Waals surface area contributed by atoms with E-state index in [0.29, 0.717) is 13.0 Å². The van der Waals surface area contributed by atoms with E-state index in [-0.39, 0.29) is 23.6 Å². The lowest BCUT2D eigenvalue weighted by Gasteiger charge is -2.07. The van der Waals surface area contributed by atoms with Crippen LogP contribution in [0.15, 0.2) is 15.9 Å². The number of hydrogen-bond donors (Lipinski definition) is 1. The van der Waals surface area contributed by atoms with Gasteiger partial charge in [-0.2, -0.15) is 0 Å². The number of nitrogens with zero attached hydrogens (tertiary/aromatic N) is 4. The summed E-state index contributed by atoms with van der Waals surface area (Å²) in [6, 6.07) is 0. The summed E-state index contributed by atoms with van der Waals surface area (Å²) >= 11 is 0. The van der Waals surface area contributed by atoms with Crippen LogP contribution in [0.4, 0.5) is 0 Å². The van der Waals surface area contributed by atoms with E-state index < -0.39 is 11.2 Å². The molecule has 1 N–H and O–H groups in total. The quantitative estimate of drug-likeness (QED) is 0.552. The second-order valence-corrected chi connectivity index (χ2v) is 4.55. The maximum atomic E-state index is 12.2. The van der Waals surface area contributed by atoms with Gasteiger partial charge in [0.2, 0.25) is 5.91 Å². The summed E-state index contributed by atoms with van der Waals surface area (Å²) in [7, 11) is 2.91. The van der Waals surface area contributed by atoms with Gasteiger partial charge in [0.25, 0.3) is 5.56 Å². The number of rotatable bonds is 4. The molecular weight excluding hydrogens is 274 g/mol. The van der Waals surface area contributed by atoms with Gasteiger partial charge in [-0.15, -0.1) is 12.3 Å². The number of carbonyl (C=O) groups is 1. The summed E-state index contributed by atoms with van der Waals surface area (Å²) < 4.78 is 3.67. The Bertz CT molecular complexity index is 850. The highest BCUT2D eigenvalue weighted by molar-refractivity contribution is 5.78. The van der Waals surface area contributed by atoms with E-state index in [9.17, 15) is 14.4 Å². The molecule has 0 fully saturated rings. The third-order valence-electron chi connectivity index (χ3n) is 3.12. The molecule has 2 heterocycles. The van der Waals surface area contributed by atoms with Gasteiger partial charge in [0, 0.05) is 27.1 Å². The summed E-state index contributed by atoms with van der Waals surface area (Å²) in [6.07, 6.45) is 6.90. The van der Waals surface area contributed by atoms with Crippen molar-refractivity contribution in [3.63, 3.8) is 0 Å². The van der Waals surface area contributed by atoms with Crippen LogP contribution in [0, 0.1) is 12.3 Å². The number of hydrogen-bond acceptors (Lipinski definition) is 4. The maximum absolute atomic E-state index is 12.2. The third kappa shape index (κ3) is 2.58. The Labute approximate surface area is 120 Å². The molecule has 2 aromatic rings. The van der Waals surface area contributed by atoms with Gasteiger partial charge >= 0.3 is 5.69 Å². The molecule has 0 unspecified atom stereocenters. The van der Waals surface area contributed by atoms with Crippen molar-refractivity contribution in [1.29, 1.82) is 0 Å². The number of terminal acetylenes is 1. The lowest BCUT2D eigenvalue weighted by atomic mass is 10.4. The molecule has 0 atom stereocenters. The standard InChI is InChI=1S/C13H15N5O3/c1-4-5-6-14-9(19)7-18-8-15-11-10(18)12(20)17(3)13(21)16(11)2/h1,8H,5-7H2,2-3H3,(H,14,19). The van der Waals surface area contributed by atoms with Crippen LogP contribution >= 0.6 is 0 Å². The van der Waals surface area contributed by atoms with E-state index in [1.54, 1.807) is 0 Å². The Kier molecular flexibility index (Phi) is 3.93. The summed E-state index contributed by atoms with van der Waals surface area (Å²) in [5.74, 6) is 2.14. The molecule has 110 valence electrons. The highest BCUT2D eigenvalue weighted by atomic mass is 16.2. The van der Waals surface area contributed by atoms with E-state index in [2.05, 4.69) is 16.2 Å². The van der Waals surface area contributed by atoms with Gasteiger partial charge < -0.3 is 9.88 Å². The zero-order chi connectivity index (χ0) is 15.6. The van der Waals surface area contributed by atoms with Crippen molar-refractivity contribution in [2.24, 2.45) is 14.1 Å². The van der Waals surface area contributed by atoms with Gasteiger partial charge in [-0.05, 0) is 0 Å². The van der Waals surface area contributed by atoms with E-state index in [4.69, 9.17) is 6.42 Å². The van der Waals surface area contributed by atoms with E-state index >= 15 is 0 Å². The lowest BCUT2D eigenvalue weighted by molar-refractivity contribution is -0.121. The molecule has 2 aromatic heterocycles. The molecule has 21 heavy (non-hydrogen) atoms. The first kappa shape index (κ1) is 14.6. The van der Waals surface area contributed by atoms with E-state index in [1.807, 2.05) is 0 Å². The van der Waals surface area contributed by atoms with Gasteiger partial charge in [-0.3, -0.25) is 18.7 Å². The van der Waals surface area contributed by atoms with Crippen molar-refractivity contribution in [1.82, 2.24) is 24.0 Å². The largest absolute Gasteiger partial charge is 0.354 e. The fourth-order valence-electron chi connectivity index (χ4n) is 2.00. The molecular formula is C13H15N5O3. The highest BCUT2D eigenvalue weighted by Crippen LogP contribution is 2.04. The Morgan fingerprint density at radius 3 is 2.76 bits per heavy atom. The van der Waals surface area contributed by atoms with Crippen LogP contribution in [-0.4, -0.2) is 31.1 Å². The van der Waals surface area contributed by atoms with Crippen LogP contribution in [0.3, 0.4) is 0 Å². The van der Waals surface area contributed by atoms with Gasteiger partial charge in [-0.25, -0.2) is 9.78 Å². The van der Waals surface area contributed by atoms with Crippen LogP contribution in [0.1, 0.15) is 6.42 Å². The smallest absolute Gasteiger partial charge is 0.332 e. The maximum Gasteiger partial charge on any atom is 0.332 e. The predicted octanol–water partition coefficient (Wildman–Crippen LogP) is -1.43. The van der Waals surface area contributed by atoms with Crippen molar-refractivity contribution in [3.05, 3.63) is 27.2 Å². The topological polar surface area (TPSA) is 90.9 Å². The minimum atomic E-state index is -0.484. The second-order valence-electron chi connectivity index (χ2n) is 4.55. The molecule has 0 saturated carbocycles. The zero-order valence-electron chi connectivity index (χ0n) is 11.8. The molecule has 0 aliphatic heterocycles. The first-order valence-corrected chi connectivity index (χ1v) is 6.28. The van der Waals surface area contributed by atoms with E-state index in [0.717, 1.165) is 4.57 Å². The fourth-order valence-corrected chi connectivity index (χ4v) is 2.00. The molecule has 2 rings (SSSR count). The van der Waals surface area contributed by atoms with Gasteiger partial charge in [-0.1, -0.05) is 0 Å². The van der Waals surface area contributed by atoms with Crippen LogP contribution in [-0.2, 0) is 25.4 Å². The molecule has 8 heteroatoms. The number of fused-ring (bicyclic) bond motifs is 1. The number of amides is 1. The summed E-state index contributed by atoms with van der Waals surface area (Å²) in [5, 5.41) is 2.64. The molecule has 0 saturated heterocycles. The van der Waals surface area contributed by atoms with Crippen LogP contribution in [0.25, 0.3) is 11.2 Å². The Morgan fingerprint density at radius 1 is 1.38 bits per heavy atom. The first-order chi connectivity index (χ1) is 9.97. The van der Waals surface area contributed by atoms with Crippen LogP contribution < -0.4 is 16.6 Å². The number of imidazole rings is 1. The van der Waals surface area contributed by atoms with Gasteiger partial charge in [0.05, 0.1) is 6.33 Å². The normalized spacial score (nSPS) is 10.5. The lowest BCUT2D eigenvalue weighted by Crippen LogP contribution is -2.38. The van der Waals surface area contributed by atoms with Gasteiger partial charge in [0.15, 0.2) is 11.2 Å². The van der Waals surface area contributed by atoms with Crippen molar-refractivity contribution in [3.8, 4) is 12.3 Å². The fraction of sp³-hybridized carbons (Fsp3) is 0.385. The average molecular weight is 289 g/mol. The van der Waals surface area contributed by atoms with Crippen LogP contribution in [0.2, 0.25) is 0 Å². The average Bonchev–Trinajstić information content (AvgIpc) is 2.87. The molecule has 0 aromatic carbocycles. The minimum absolute atomic E-state index is 0.0610.